The van der Waals surface area contributed by atoms with Crippen molar-refractivity contribution in [3.63, 3.8) is 0 Å². The number of hydrogen-bond donors (Lipinski definition) is 0. The molecule has 0 atom stereocenters. The van der Waals surface area contributed by atoms with Crippen LogP contribution in [0.25, 0.3) is 0 Å². The first-order valence-corrected chi connectivity index (χ1v) is 9.36. The summed E-state index contributed by atoms with van der Waals surface area (Å²) in [6.45, 7) is 0.335. The highest BCUT2D eigenvalue weighted by Crippen LogP contribution is 2.37. The molecule has 0 saturated heterocycles. The van der Waals surface area contributed by atoms with E-state index in [0.717, 1.165) is 18.2 Å². The van der Waals surface area contributed by atoms with E-state index in [2.05, 4.69) is 0 Å². The van der Waals surface area contributed by atoms with Gasteiger partial charge in [-0.1, -0.05) is 34.8 Å². The highest BCUT2D eigenvalue weighted by molar-refractivity contribution is 6.37. The Balaban J connectivity index is 1.79. The first-order valence-electron chi connectivity index (χ1n) is 8.22. The Bertz CT molecular complexity index is 813. The molecule has 0 saturated carbocycles. The number of rotatable bonds is 9. The number of alkyl halides is 3. The monoisotopic (exact) mass is 472 g/mol. The fourth-order valence-electron chi connectivity index (χ4n) is 2.12. The van der Waals surface area contributed by atoms with E-state index in [1.807, 2.05) is 0 Å². The molecule has 0 aliphatic rings. The van der Waals surface area contributed by atoms with Crippen molar-refractivity contribution in [2.45, 2.75) is 12.6 Å². The van der Waals surface area contributed by atoms with Gasteiger partial charge < -0.3 is 14.2 Å². The summed E-state index contributed by atoms with van der Waals surface area (Å²) in [4.78, 5) is 0. The third-order valence-corrected chi connectivity index (χ3v) is 4.16. The smallest absolute Gasteiger partial charge is 0.416 e. The maximum atomic E-state index is 12.5. The predicted molar refractivity (Wildman–Crippen MR) is 104 cm³/mol. The second-order valence-electron chi connectivity index (χ2n) is 5.59. The molecule has 0 N–H and O–H groups in total. The highest BCUT2D eigenvalue weighted by atomic mass is 35.5. The zero-order chi connectivity index (χ0) is 21.4. The Kier molecular flexibility index (Phi) is 8.74. The molecule has 0 spiro atoms. The van der Waals surface area contributed by atoms with Crippen LogP contribution in [0.5, 0.6) is 17.2 Å². The second kappa shape index (κ2) is 10.8. The molecule has 158 valence electrons. The molecule has 0 aliphatic carbocycles. The van der Waals surface area contributed by atoms with Crippen molar-refractivity contribution in [2.24, 2.45) is 0 Å². The van der Waals surface area contributed by atoms with Gasteiger partial charge in [0.25, 0.3) is 0 Å². The van der Waals surface area contributed by atoms with Crippen LogP contribution in [0.4, 0.5) is 17.6 Å². The van der Waals surface area contributed by atoms with Crippen LogP contribution in [0.15, 0.2) is 47.8 Å². The van der Waals surface area contributed by atoms with Crippen LogP contribution in [-0.4, -0.2) is 19.8 Å². The van der Waals surface area contributed by atoms with Crippen molar-refractivity contribution in [1.29, 1.82) is 0 Å². The minimum absolute atomic E-state index is 0.0938. The van der Waals surface area contributed by atoms with Crippen LogP contribution in [0.3, 0.4) is 0 Å². The second-order valence-corrected chi connectivity index (χ2v) is 6.77. The normalized spacial score (nSPS) is 12.0. The van der Waals surface area contributed by atoms with Gasteiger partial charge in [-0.15, -0.1) is 0 Å². The van der Waals surface area contributed by atoms with Gasteiger partial charge >= 0.3 is 6.18 Å². The van der Waals surface area contributed by atoms with E-state index in [1.165, 1.54) is 24.3 Å². The Hall–Kier alpha value is -1.83. The average Bonchev–Trinajstić information content (AvgIpc) is 2.62. The minimum Gasteiger partial charge on any atom is -0.493 e. The first kappa shape index (κ1) is 23.4. The molecule has 0 unspecified atom stereocenters. The summed E-state index contributed by atoms with van der Waals surface area (Å²) < 4.78 is 66.1. The zero-order valence-corrected chi connectivity index (χ0v) is 17.0. The van der Waals surface area contributed by atoms with E-state index in [-0.39, 0.29) is 35.6 Å². The summed E-state index contributed by atoms with van der Waals surface area (Å²) in [7, 11) is 0. The SMILES string of the molecule is FC(Cl)=CCOc1cc(Cl)c(OCCCOc2ccc(C(F)(F)F)cc2)c(Cl)c1. The van der Waals surface area contributed by atoms with Gasteiger partial charge in [-0.2, -0.15) is 17.6 Å². The van der Waals surface area contributed by atoms with Crippen LogP contribution >= 0.6 is 34.8 Å². The summed E-state index contributed by atoms with van der Waals surface area (Å²) in [6, 6.07) is 7.32. The maximum absolute atomic E-state index is 12.5. The Morgan fingerprint density at radius 2 is 1.48 bits per heavy atom. The molecule has 2 aromatic carbocycles. The van der Waals surface area contributed by atoms with E-state index < -0.39 is 17.0 Å². The van der Waals surface area contributed by atoms with E-state index in [0.29, 0.717) is 17.9 Å². The van der Waals surface area contributed by atoms with E-state index in [4.69, 9.17) is 49.0 Å². The fraction of sp³-hybridized carbons (Fsp3) is 0.263. The molecule has 10 heteroatoms. The summed E-state index contributed by atoms with van der Waals surface area (Å²) in [5.41, 5.74) is -0.742. The van der Waals surface area contributed by atoms with Crippen LogP contribution in [-0.2, 0) is 6.18 Å². The number of hydrogen-bond acceptors (Lipinski definition) is 3. The van der Waals surface area contributed by atoms with E-state index >= 15 is 0 Å². The van der Waals surface area contributed by atoms with Crippen LogP contribution in [0.2, 0.25) is 10.0 Å². The predicted octanol–water partition coefficient (Wildman–Crippen LogP) is 7.29. The maximum Gasteiger partial charge on any atom is 0.416 e. The van der Waals surface area contributed by atoms with E-state index in [1.54, 1.807) is 0 Å². The molecule has 0 bridgehead atoms. The molecule has 0 heterocycles. The molecule has 0 aromatic heterocycles. The molecule has 29 heavy (non-hydrogen) atoms. The molecule has 0 fully saturated rings. The van der Waals surface area contributed by atoms with Gasteiger partial charge in [0.15, 0.2) is 11.0 Å². The Morgan fingerprint density at radius 3 is 2.03 bits per heavy atom. The molecule has 2 aromatic rings. The standard InChI is InChI=1S/C19H15Cl3F4O3/c20-15-10-14(28-9-6-17(22)23)11-16(21)18(15)29-8-1-7-27-13-4-2-12(3-5-13)19(24,25)26/h2-6,10-11H,1,7-9H2. The Morgan fingerprint density at radius 1 is 0.897 bits per heavy atom. The van der Waals surface area contributed by atoms with E-state index in [9.17, 15) is 17.6 Å². The zero-order valence-electron chi connectivity index (χ0n) is 14.7. The van der Waals surface area contributed by atoms with Gasteiger partial charge in [-0.3, -0.25) is 0 Å². The third-order valence-electron chi connectivity index (χ3n) is 3.44. The minimum atomic E-state index is -4.39. The topological polar surface area (TPSA) is 27.7 Å². The molecule has 0 radical (unpaired) electrons. The number of benzene rings is 2. The lowest BCUT2D eigenvalue weighted by Crippen LogP contribution is -2.07. The van der Waals surface area contributed by atoms with Crippen molar-refractivity contribution in [3.8, 4) is 17.2 Å². The molecule has 0 aliphatic heterocycles. The fourth-order valence-corrected chi connectivity index (χ4v) is 2.76. The van der Waals surface area contributed by atoms with Crippen molar-refractivity contribution in [3.05, 3.63) is 63.4 Å². The van der Waals surface area contributed by atoms with Crippen LogP contribution in [0.1, 0.15) is 12.0 Å². The molecule has 0 amide bonds. The van der Waals surface area contributed by atoms with Crippen molar-refractivity contribution < 1.29 is 31.8 Å². The lowest BCUT2D eigenvalue weighted by atomic mass is 10.2. The van der Waals surface area contributed by atoms with Crippen molar-refractivity contribution in [2.75, 3.05) is 19.8 Å². The summed E-state index contributed by atoms with van der Waals surface area (Å²) in [5, 5.41) is -0.487. The number of ether oxygens (including phenoxy) is 3. The van der Waals surface area contributed by atoms with Crippen molar-refractivity contribution >= 4 is 34.8 Å². The molecule has 2 rings (SSSR count). The van der Waals surface area contributed by atoms with Gasteiger partial charge in [-0.05, 0) is 24.3 Å². The van der Waals surface area contributed by atoms with Gasteiger partial charge in [0, 0.05) is 24.6 Å². The quantitative estimate of drug-likeness (QED) is 0.283. The Labute approximate surface area is 179 Å². The molecular weight excluding hydrogens is 459 g/mol. The summed E-state index contributed by atoms with van der Waals surface area (Å²) in [6.07, 6.45) is -2.92. The van der Waals surface area contributed by atoms with Crippen LogP contribution in [0, 0.1) is 0 Å². The lowest BCUT2D eigenvalue weighted by Gasteiger charge is -2.13. The lowest BCUT2D eigenvalue weighted by molar-refractivity contribution is -0.137. The molecular formula is C19H15Cl3F4O3. The van der Waals surface area contributed by atoms with Gasteiger partial charge in [-0.25, -0.2) is 0 Å². The largest absolute Gasteiger partial charge is 0.493 e. The van der Waals surface area contributed by atoms with Crippen molar-refractivity contribution in [1.82, 2.24) is 0 Å². The van der Waals surface area contributed by atoms with Gasteiger partial charge in [0.1, 0.15) is 18.1 Å². The summed E-state index contributed by atoms with van der Waals surface area (Å²) >= 11 is 17.3. The highest BCUT2D eigenvalue weighted by Gasteiger charge is 2.30. The number of halogens is 7. The van der Waals surface area contributed by atoms with Gasteiger partial charge in [0.05, 0.1) is 28.8 Å². The summed E-state index contributed by atoms with van der Waals surface area (Å²) in [5.74, 6) is 0.874. The average molecular weight is 474 g/mol. The molecule has 3 nitrogen and oxygen atoms in total. The first-order chi connectivity index (χ1) is 13.7. The van der Waals surface area contributed by atoms with Crippen LogP contribution < -0.4 is 14.2 Å². The van der Waals surface area contributed by atoms with Gasteiger partial charge in [0.2, 0.25) is 0 Å². The third kappa shape index (κ3) is 7.84.